The number of aromatic amines is 1. The van der Waals surface area contributed by atoms with Crippen molar-refractivity contribution in [2.24, 2.45) is 0 Å². The molecule has 2 aromatic heterocycles. The maximum Gasteiger partial charge on any atom is 0.178 e. The molecular weight excluding hydrogens is 291 g/mol. The summed E-state index contributed by atoms with van der Waals surface area (Å²) in [5.74, 6) is -0.178. The standard InChI is InChI=1S/C14H15FN4OS/c1-20-13-9-12-11(8-10(13)15)17-14(21)19(12)7-3-6-18-5-2-4-16-18/h2,4-5,8-9H,3,6-7H2,1H3,(H,17,21). The number of halogens is 1. The lowest BCUT2D eigenvalue weighted by Crippen LogP contribution is -2.04. The molecule has 7 heteroatoms. The summed E-state index contributed by atoms with van der Waals surface area (Å²) >= 11 is 5.31. The topological polar surface area (TPSA) is 47.8 Å². The highest BCUT2D eigenvalue weighted by Crippen LogP contribution is 2.24. The van der Waals surface area contributed by atoms with E-state index in [2.05, 4.69) is 10.1 Å². The molecule has 0 atom stereocenters. The molecule has 0 saturated carbocycles. The van der Waals surface area contributed by atoms with Crippen LogP contribution in [-0.4, -0.2) is 26.4 Å². The Balaban J connectivity index is 1.87. The maximum absolute atomic E-state index is 13.7. The maximum atomic E-state index is 13.7. The van der Waals surface area contributed by atoms with Gasteiger partial charge in [-0.05, 0) is 24.7 Å². The van der Waals surface area contributed by atoms with Gasteiger partial charge in [0.1, 0.15) is 0 Å². The fraction of sp³-hybridized carbons (Fsp3) is 0.286. The van der Waals surface area contributed by atoms with Gasteiger partial charge in [0.2, 0.25) is 0 Å². The Morgan fingerprint density at radius 2 is 2.24 bits per heavy atom. The minimum Gasteiger partial charge on any atom is -0.494 e. The Hall–Kier alpha value is -2.15. The molecular formula is C14H15FN4OS. The van der Waals surface area contributed by atoms with E-state index in [-0.39, 0.29) is 5.75 Å². The summed E-state index contributed by atoms with van der Waals surface area (Å²) in [6, 6.07) is 4.98. The van der Waals surface area contributed by atoms with E-state index in [0.29, 0.717) is 10.3 Å². The molecule has 21 heavy (non-hydrogen) atoms. The lowest BCUT2D eigenvalue weighted by Gasteiger charge is -2.07. The predicted octanol–water partition coefficient (Wildman–Crippen LogP) is 3.13. The number of rotatable bonds is 5. The second-order valence-corrected chi connectivity index (χ2v) is 5.10. The molecule has 0 saturated heterocycles. The third-order valence-electron chi connectivity index (χ3n) is 3.38. The predicted molar refractivity (Wildman–Crippen MR) is 80.5 cm³/mol. The zero-order valence-electron chi connectivity index (χ0n) is 11.5. The number of H-pyrrole nitrogens is 1. The summed E-state index contributed by atoms with van der Waals surface area (Å²) in [7, 11) is 1.45. The van der Waals surface area contributed by atoms with Gasteiger partial charge in [0.25, 0.3) is 0 Å². The van der Waals surface area contributed by atoms with E-state index in [0.717, 1.165) is 25.0 Å². The van der Waals surface area contributed by atoms with Gasteiger partial charge in [-0.25, -0.2) is 4.39 Å². The molecule has 0 unspecified atom stereocenters. The quantitative estimate of drug-likeness (QED) is 0.737. The smallest absolute Gasteiger partial charge is 0.178 e. The number of benzene rings is 1. The number of hydrogen-bond acceptors (Lipinski definition) is 3. The van der Waals surface area contributed by atoms with Gasteiger partial charge in [0.05, 0.1) is 18.1 Å². The van der Waals surface area contributed by atoms with Crippen LogP contribution < -0.4 is 4.74 Å². The molecule has 5 nitrogen and oxygen atoms in total. The van der Waals surface area contributed by atoms with Gasteiger partial charge in [0, 0.05) is 37.6 Å². The number of methoxy groups -OCH3 is 1. The second kappa shape index (κ2) is 5.69. The Morgan fingerprint density at radius 3 is 2.95 bits per heavy atom. The first-order chi connectivity index (χ1) is 10.2. The van der Waals surface area contributed by atoms with E-state index in [9.17, 15) is 4.39 Å². The zero-order valence-corrected chi connectivity index (χ0v) is 12.4. The first kappa shape index (κ1) is 13.8. The Morgan fingerprint density at radius 1 is 1.38 bits per heavy atom. The summed E-state index contributed by atoms with van der Waals surface area (Å²) in [6.07, 6.45) is 4.56. The summed E-state index contributed by atoms with van der Waals surface area (Å²) < 4.78 is 23.1. The first-order valence-corrected chi connectivity index (χ1v) is 7.03. The number of aryl methyl sites for hydroxylation is 2. The van der Waals surface area contributed by atoms with E-state index in [1.807, 2.05) is 21.5 Å². The van der Waals surface area contributed by atoms with E-state index in [4.69, 9.17) is 17.0 Å². The highest BCUT2D eigenvalue weighted by molar-refractivity contribution is 7.71. The SMILES string of the molecule is COc1cc2c(cc1F)[nH]c(=S)n2CCCn1cccn1. The van der Waals surface area contributed by atoms with Crippen LogP contribution in [0.1, 0.15) is 6.42 Å². The molecule has 0 aliphatic carbocycles. The molecule has 0 aliphatic rings. The number of hydrogen-bond donors (Lipinski definition) is 1. The lowest BCUT2D eigenvalue weighted by molar-refractivity contribution is 0.387. The number of nitrogens with one attached hydrogen (secondary N) is 1. The highest BCUT2D eigenvalue weighted by atomic mass is 32.1. The Kier molecular flexibility index (Phi) is 3.74. The third kappa shape index (κ3) is 2.69. The van der Waals surface area contributed by atoms with Gasteiger partial charge in [-0.1, -0.05) is 0 Å². The van der Waals surface area contributed by atoms with Crippen molar-refractivity contribution in [1.29, 1.82) is 0 Å². The van der Waals surface area contributed by atoms with Crippen molar-refractivity contribution in [3.63, 3.8) is 0 Å². The van der Waals surface area contributed by atoms with Crippen molar-refractivity contribution in [3.05, 3.63) is 41.2 Å². The van der Waals surface area contributed by atoms with Crippen LogP contribution in [0.25, 0.3) is 11.0 Å². The molecule has 0 amide bonds. The minimum atomic E-state index is -0.398. The fourth-order valence-corrected chi connectivity index (χ4v) is 2.66. The Bertz CT molecular complexity index is 806. The number of aromatic nitrogens is 4. The summed E-state index contributed by atoms with van der Waals surface area (Å²) in [6.45, 7) is 1.53. The van der Waals surface area contributed by atoms with Gasteiger partial charge in [0.15, 0.2) is 16.3 Å². The van der Waals surface area contributed by atoms with Gasteiger partial charge >= 0.3 is 0 Å². The van der Waals surface area contributed by atoms with Crippen molar-refractivity contribution in [2.45, 2.75) is 19.5 Å². The monoisotopic (exact) mass is 306 g/mol. The van der Waals surface area contributed by atoms with Crippen molar-refractivity contribution < 1.29 is 9.13 Å². The molecule has 0 fully saturated rings. The van der Waals surface area contributed by atoms with Crippen LogP contribution in [0.2, 0.25) is 0 Å². The van der Waals surface area contributed by atoms with Crippen LogP contribution >= 0.6 is 12.2 Å². The van der Waals surface area contributed by atoms with Crippen LogP contribution in [0, 0.1) is 10.6 Å². The van der Waals surface area contributed by atoms with Gasteiger partial charge in [-0.15, -0.1) is 0 Å². The van der Waals surface area contributed by atoms with Crippen molar-refractivity contribution in [2.75, 3.05) is 7.11 Å². The number of imidazole rings is 1. The molecule has 1 N–H and O–H groups in total. The van der Waals surface area contributed by atoms with Crippen LogP contribution in [-0.2, 0) is 13.1 Å². The number of ether oxygens (including phenoxy) is 1. The van der Waals surface area contributed by atoms with E-state index in [1.54, 1.807) is 12.3 Å². The van der Waals surface area contributed by atoms with Gasteiger partial charge in [-0.2, -0.15) is 5.10 Å². The normalized spacial score (nSPS) is 11.1. The van der Waals surface area contributed by atoms with E-state index in [1.165, 1.54) is 13.2 Å². The lowest BCUT2D eigenvalue weighted by atomic mass is 10.2. The molecule has 3 aromatic rings. The third-order valence-corrected chi connectivity index (χ3v) is 3.70. The number of fused-ring (bicyclic) bond motifs is 1. The average Bonchev–Trinajstić information content (AvgIpc) is 3.07. The van der Waals surface area contributed by atoms with Crippen LogP contribution in [0.4, 0.5) is 4.39 Å². The van der Waals surface area contributed by atoms with Crippen LogP contribution in [0.5, 0.6) is 5.75 Å². The van der Waals surface area contributed by atoms with Crippen molar-refractivity contribution in [1.82, 2.24) is 19.3 Å². The van der Waals surface area contributed by atoms with Gasteiger partial charge < -0.3 is 14.3 Å². The minimum absolute atomic E-state index is 0.220. The molecule has 0 aliphatic heterocycles. The zero-order chi connectivity index (χ0) is 14.8. The van der Waals surface area contributed by atoms with E-state index >= 15 is 0 Å². The largest absolute Gasteiger partial charge is 0.494 e. The van der Waals surface area contributed by atoms with Crippen LogP contribution in [0.15, 0.2) is 30.6 Å². The molecule has 3 rings (SSSR count). The second-order valence-electron chi connectivity index (χ2n) is 4.71. The molecule has 2 heterocycles. The van der Waals surface area contributed by atoms with E-state index < -0.39 is 5.82 Å². The van der Waals surface area contributed by atoms with Crippen molar-refractivity contribution in [3.8, 4) is 5.75 Å². The van der Waals surface area contributed by atoms with Crippen LogP contribution in [0.3, 0.4) is 0 Å². The molecule has 1 aromatic carbocycles. The molecule has 0 radical (unpaired) electrons. The summed E-state index contributed by atoms with van der Waals surface area (Å²) in [5.41, 5.74) is 1.52. The average molecular weight is 306 g/mol. The summed E-state index contributed by atoms with van der Waals surface area (Å²) in [4.78, 5) is 3.02. The first-order valence-electron chi connectivity index (χ1n) is 6.62. The fourth-order valence-electron chi connectivity index (χ4n) is 2.36. The van der Waals surface area contributed by atoms with Gasteiger partial charge in [-0.3, -0.25) is 4.68 Å². The summed E-state index contributed by atoms with van der Waals surface area (Å²) in [5, 5.41) is 4.16. The molecule has 110 valence electrons. The van der Waals surface area contributed by atoms with Crippen molar-refractivity contribution >= 4 is 23.3 Å². The molecule has 0 spiro atoms. The molecule has 0 bridgehead atoms. The number of nitrogens with zero attached hydrogens (tertiary/aromatic N) is 3. The Labute approximate surface area is 126 Å². The highest BCUT2D eigenvalue weighted by Gasteiger charge is 2.10.